The molecule has 1 aromatic carbocycles. The summed E-state index contributed by atoms with van der Waals surface area (Å²) in [6.07, 6.45) is 0. The van der Waals surface area contributed by atoms with Crippen molar-refractivity contribution in [3.05, 3.63) is 61.6 Å². The van der Waals surface area contributed by atoms with Crippen molar-refractivity contribution in [1.29, 1.82) is 0 Å². The van der Waals surface area contributed by atoms with E-state index in [0.717, 1.165) is 27.6 Å². The molecule has 0 fully saturated rings. The number of hydrogen-bond donors (Lipinski definition) is 2. The van der Waals surface area contributed by atoms with Gasteiger partial charge in [0.2, 0.25) is 0 Å². The Morgan fingerprint density at radius 3 is 2.59 bits per heavy atom. The van der Waals surface area contributed by atoms with Crippen molar-refractivity contribution in [3.63, 3.8) is 0 Å². The largest absolute Gasteiger partial charge is 0.322 e. The van der Waals surface area contributed by atoms with Gasteiger partial charge >= 0.3 is 0 Å². The highest BCUT2D eigenvalue weighted by molar-refractivity contribution is 7.12. The van der Waals surface area contributed by atoms with E-state index < -0.39 is 0 Å². The Balaban J connectivity index is 1.97. The van der Waals surface area contributed by atoms with Gasteiger partial charge in [0.15, 0.2) is 0 Å². The maximum absolute atomic E-state index is 12.2. The molecule has 0 unspecified atom stereocenters. The second kappa shape index (κ2) is 5.42. The van der Waals surface area contributed by atoms with Crippen LogP contribution in [0.25, 0.3) is 10.9 Å². The maximum atomic E-state index is 12.2. The molecule has 5 heteroatoms. The molecule has 22 heavy (non-hydrogen) atoms. The van der Waals surface area contributed by atoms with Crippen molar-refractivity contribution in [2.45, 2.75) is 20.8 Å². The third kappa shape index (κ3) is 2.55. The van der Waals surface area contributed by atoms with E-state index in [1.807, 2.05) is 44.4 Å². The summed E-state index contributed by atoms with van der Waals surface area (Å²) in [4.78, 5) is 27.6. The highest BCUT2D eigenvalue weighted by Crippen LogP contribution is 2.22. The van der Waals surface area contributed by atoms with E-state index in [9.17, 15) is 9.59 Å². The number of aromatic nitrogens is 1. The van der Waals surface area contributed by atoms with Crippen molar-refractivity contribution in [2.24, 2.45) is 0 Å². The Morgan fingerprint density at radius 2 is 1.91 bits per heavy atom. The van der Waals surface area contributed by atoms with Gasteiger partial charge in [-0.05, 0) is 55.5 Å². The van der Waals surface area contributed by atoms with Crippen LogP contribution >= 0.6 is 11.3 Å². The third-order valence-electron chi connectivity index (χ3n) is 3.79. The van der Waals surface area contributed by atoms with E-state index in [4.69, 9.17) is 0 Å². The number of carbonyl (C=O) groups is 1. The fourth-order valence-corrected chi connectivity index (χ4v) is 3.18. The molecule has 2 heterocycles. The number of rotatable bonds is 2. The second-order valence-corrected chi connectivity index (χ2v) is 6.32. The van der Waals surface area contributed by atoms with Gasteiger partial charge in [-0.15, -0.1) is 11.3 Å². The Labute approximate surface area is 131 Å². The lowest BCUT2D eigenvalue weighted by atomic mass is 10.1. The monoisotopic (exact) mass is 312 g/mol. The van der Waals surface area contributed by atoms with Crippen LogP contribution in [0.5, 0.6) is 0 Å². The topological polar surface area (TPSA) is 62.0 Å². The van der Waals surface area contributed by atoms with Crippen molar-refractivity contribution < 1.29 is 4.79 Å². The number of fused-ring (bicyclic) bond motifs is 1. The smallest absolute Gasteiger partial charge is 0.265 e. The highest BCUT2D eigenvalue weighted by atomic mass is 32.1. The summed E-state index contributed by atoms with van der Waals surface area (Å²) < 4.78 is 0. The average molecular weight is 312 g/mol. The van der Waals surface area contributed by atoms with E-state index in [1.165, 1.54) is 11.3 Å². The van der Waals surface area contributed by atoms with Crippen LogP contribution in [0.15, 0.2) is 34.4 Å². The molecule has 0 aliphatic carbocycles. The predicted octanol–water partition coefficient (Wildman–Crippen LogP) is 3.77. The minimum Gasteiger partial charge on any atom is -0.322 e. The molecular weight excluding hydrogens is 296 g/mol. The standard InChI is InChI=1S/C17H16N2O2S/c1-9-6-15(22-8-9)17(21)18-12-4-5-13-10(2)11(3)16(20)19-14(13)7-12/h4-8H,1-3H3,(H,18,21)(H,19,20). The zero-order valence-electron chi connectivity index (χ0n) is 12.6. The number of thiophene rings is 1. The fraction of sp³-hybridized carbons (Fsp3) is 0.176. The lowest BCUT2D eigenvalue weighted by molar-refractivity contribution is 0.103. The van der Waals surface area contributed by atoms with Crippen LogP contribution in [-0.2, 0) is 0 Å². The van der Waals surface area contributed by atoms with Gasteiger partial charge in [-0.1, -0.05) is 6.07 Å². The van der Waals surface area contributed by atoms with Crippen LogP contribution in [0.4, 0.5) is 5.69 Å². The van der Waals surface area contributed by atoms with Gasteiger partial charge in [0.25, 0.3) is 11.5 Å². The molecule has 2 aromatic heterocycles. The molecule has 1 amide bonds. The van der Waals surface area contributed by atoms with Gasteiger partial charge in [0.1, 0.15) is 0 Å². The molecule has 4 nitrogen and oxygen atoms in total. The van der Waals surface area contributed by atoms with Gasteiger partial charge in [-0.25, -0.2) is 0 Å². The summed E-state index contributed by atoms with van der Waals surface area (Å²) in [6.45, 7) is 5.70. The van der Waals surface area contributed by atoms with Gasteiger partial charge in [-0.3, -0.25) is 9.59 Å². The number of nitrogens with one attached hydrogen (secondary N) is 2. The predicted molar refractivity (Wildman–Crippen MR) is 91.1 cm³/mol. The van der Waals surface area contributed by atoms with E-state index in [2.05, 4.69) is 10.3 Å². The van der Waals surface area contributed by atoms with E-state index in [1.54, 1.807) is 6.07 Å². The molecule has 0 saturated carbocycles. The summed E-state index contributed by atoms with van der Waals surface area (Å²) in [5.41, 5.74) is 4.06. The number of hydrogen-bond acceptors (Lipinski definition) is 3. The number of carbonyl (C=O) groups excluding carboxylic acids is 1. The molecule has 0 spiro atoms. The first kappa shape index (κ1) is 14.5. The van der Waals surface area contributed by atoms with Gasteiger partial charge < -0.3 is 10.3 Å². The summed E-state index contributed by atoms with van der Waals surface area (Å²) in [6, 6.07) is 7.42. The van der Waals surface area contributed by atoms with Crippen LogP contribution in [0, 0.1) is 20.8 Å². The summed E-state index contributed by atoms with van der Waals surface area (Å²) >= 11 is 1.42. The molecule has 2 N–H and O–H groups in total. The lowest BCUT2D eigenvalue weighted by Crippen LogP contribution is -2.13. The maximum Gasteiger partial charge on any atom is 0.265 e. The number of aryl methyl sites for hydroxylation is 2. The molecule has 3 rings (SSSR count). The number of anilines is 1. The summed E-state index contributed by atoms with van der Waals surface area (Å²) in [5.74, 6) is -0.136. The molecule has 0 aliphatic rings. The summed E-state index contributed by atoms with van der Waals surface area (Å²) in [7, 11) is 0. The zero-order chi connectivity index (χ0) is 15.9. The van der Waals surface area contributed by atoms with Crippen molar-refractivity contribution in [2.75, 3.05) is 5.32 Å². The zero-order valence-corrected chi connectivity index (χ0v) is 13.4. The second-order valence-electron chi connectivity index (χ2n) is 5.41. The molecule has 112 valence electrons. The fourth-order valence-electron chi connectivity index (χ4n) is 2.38. The number of pyridine rings is 1. The van der Waals surface area contributed by atoms with E-state index >= 15 is 0 Å². The normalized spacial score (nSPS) is 10.9. The van der Waals surface area contributed by atoms with Crippen molar-refractivity contribution in [3.8, 4) is 0 Å². The highest BCUT2D eigenvalue weighted by Gasteiger charge is 2.10. The molecular formula is C17H16N2O2S. The van der Waals surface area contributed by atoms with E-state index in [-0.39, 0.29) is 11.5 Å². The molecule has 0 radical (unpaired) electrons. The van der Waals surface area contributed by atoms with Crippen LogP contribution in [0.3, 0.4) is 0 Å². The Hall–Kier alpha value is -2.40. The lowest BCUT2D eigenvalue weighted by Gasteiger charge is -2.08. The minimum atomic E-state index is -0.136. The van der Waals surface area contributed by atoms with Gasteiger partial charge in [0.05, 0.1) is 10.4 Å². The number of amides is 1. The molecule has 0 saturated heterocycles. The minimum absolute atomic E-state index is 0.0950. The molecule has 0 bridgehead atoms. The van der Waals surface area contributed by atoms with Crippen molar-refractivity contribution in [1.82, 2.24) is 4.98 Å². The van der Waals surface area contributed by atoms with Crippen LogP contribution < -0.4 is 10.9 Å². The van der Waals surface area contributed by atoms with Crippen LogP contribution in [0.2, 0.25) is 0 Å². The number of H-pyrrole nitrogens is 1. The van der Waals surface area contributed by atoms with Crippen LogP contribution in [0.1, 0.15) is 26.4 Å². The third-order valence-corrected chi connectivity index (χ3v) is 4.83. The molecule has 0 atom stereocenters. The molecule has 0 aliphatic heterocycles. The average Bonchev–Trinajstić information content (AvgIpc) is 2.91. The first-order valence-electron chi connectivity index (χ1n) is 6.95. The van der Waals surface area contributed by atoms with Gasteiger partial charge in [0, 0.05) is 16.6 Å². The Kier molecular flexibility index (Phi) is 3.58. The number of aromatic amines is 1. The van der Waals surface area contributed by atoms with Crippen LogP contribution in [-0.4, -0.2) is 10.9 Å². The molecule has 3 aromatic rings. The van der Waals surface area contributed by atoms with Crippen molar-refractivity contribution >= 4 is 33.8 Å². The first-order chi connectivity index (χ1) is 10.5. The van der Waals surface area contributed by atoms with Gasteiger partial charge in [-0.2, -0.15) is 0 Å². The Morgan fingerprint density at radius 1 is 1.14 bits per heavy atom. The van der Waals surface area contributed by atoms with E-state index in [0.29, 0.717) is 10.6 Å². The Bertz CT molecular complexity index is 937. The summed E-state index contributed by atoms with van der Waals surface area (Å²) in [5, 5.41) is 5.80. The quantitative estimate of drug-likeness (QED) is 0.756. The first-order valence-corrected chi connectivity index (χ1v) is 7.83. The number of benzene rings is 1. The SMILES string of the molecule is Cc1csc(C(=O)Nc2ccc3c(C)c(C)c(=O)[nH]c3c2)c1.